The Bertz CT molecular complexity index is 2790. The number of benzene rings is 5. The van der Waals surface area contributed by atoms with Gasteiger partial charge >= 0.3 is 0 Å². The molecule has 0 amide bonds. The quantitative estimate of drug-likeness (QED) is 0.161. The summed E-state index contributed by atoms with van der Waals surface area (Å²) in [5.74, 6) is 2.00. The smallest absolute Gasteiger partial charge is 0.136 e. The third-order valence-electron chi connectivity index (χ3n) is 10.8. The number of anilines is 4. The van der Waals surface area contributed by atoms with Gasteiger partial charge in [-0.3, -0.25) is 0 Å². The van der Waals surface area contributed by atoms with Crippen molar-refractivity contribution >= 4 is 55.7 Å². The van der Waals surface area contributed by atoms with E-state index >= 15 is 0 Å². The summed E-state index contributed by atoms with van der Waals surface area (Å²) in [5.41, 5.74) is 11.0. The summed E-state index contributed by atoms with van der Waals surface area (Å²) in [4.78, 5) is 9.42. The number of para-hydroxylation sites is 4. The van der Waals surface area contributed by atoms with Crippen LogP contribution in [0.3, 0.4) is 0 Å². The number of nitrogens with zero attached hydrogens (tertiary/aromatic N) is 4. The number of hydrogen-bond acceptors (Lipinski definition) is 5. The summed E-state index contributed by atoms with van der Waals surface area (Å²) in [6, 6.07) is 45.3. The van der Waals surface area contributed by atoms with Crippen LogP contribution in [0.25, 0.3) is 38.8 Å². The molecule has 0 bridgehead atoms. The monoisotopic (exact) mass is 930 g/mol. The first-order chi connectivity index (χ1) is 26.6. The van der Waals surface area contributed by atoms with E-state index in [9.17, 15) is 0 Å². The van der Waals surface area contributed by atoms with Crippen molar-refractivity contribution in [2.75, 3.05) is 9.80 Å². The van der Waals surface area contributed by atoms with E-state index in [-0.39, 0.29) is 37.3 Å². The molecule has 7 heteroatoms. The van der Waals surface area contributed by atoms with E-state index < -0.39 is 0 Å². The topological polar surface area (TPSA) is 46.7 Å². The summed E-state index contributed by atoms with van der Waals surface area (Å²) < 4.78 is 15.5. The molecule has 8 aromatic rings. The number of pyridine rings is 1. The van der Waals surface area contributed by atoms with Gasteiger partial charge in [0.25, 0.3) is 0 Å². The first-order valence-corrected chi connectivity index (χ1v) is 19.4. The van der Waals surface area contributed by atoms with Crippen LogP contribution in [0.15, 0.2) is 120 Å². The zero-order valence-electron chi connectivity index (χ0n) is 34.0. The first-order valence-electron chi connectivity index (χ1n) is 19.4. The van der Waals surface area contributed by atoms with Crippen LogP contribution in [0.5, 0.6) is 11.5 Å². The predicted octanol–water partition coefficient (Wildman–Crippen LogP) is 13.6. The van der Waals surface area contributed by atoms with Gasteiger partial charge in [-0.05, 0) is 69.8 Å². The van der Waals surface area contributed by atoms with Gasteiger partial charge in [-0.25, -0.2) is 4.98 Å². The fraction of sp³-hybridized carbons (Fsp3) is 0.240. The third-order valence-corrected chi connectivity index (χ3v) is 10.8. The Morgan fingerprint density at radius 1 is 0.614 bits per heavy atom. The maximum atomic E-state index is 6.79. The maximum absolute atomic E-state index is 6.79. The van der Waals surface area contributed by atoms with Crippen molar-refractivity contribution < 1.29 is 30.2 Å². The van der Waals surface area contributed by atoms with Gasteiger partial charge in [-0.1, -0.05) is 116 Å². The van der Waals surface area contributed by atoms with Crippen LogP contribution in [0.4, 0.5) is 22.7 Å². The number of rotatable bonds is 5. The minimum absolute atomic E-state index is 0. The van der Waals surface area contributed by atoms with Crippen LogP contribution in [-0.4, -0.2) is 9.55 Å². The minimum Gasteiger partial charge on any atom is -0.509 e. The van der Waals surface area contributed by atoms with E-state index in [0.29, 0.717) is 11.5 Å². The Morgan fingerprint density at radius 2 is 1.28 bits per heavy atom. The van der Waals surface area contributed by atoms with Crippen LogP contribution in [0, 0.1) is 18.8 Å². The number of hydrogen-bond donors (Lipinski definition) is 0. The van der Waals surface area contributed by atoms with Crippen LogP contribution in [0.1, 0.15) is 79.0 Å². The van der Waals surface area contributed by atoms with Gasteiger partial charge in [0.15, 0.2) is 0 Å². The molecular formula is C50H47N4O2Pt-3. The number of ether oxygens (including phenoxy) is 1. The summed E-state index contributed by atoms with van der Waals surface area (Å²) in [6.45, 7) is 22.3. The van der Waals surface area contributed by atoms with Crippen LogP contribution < -0.4 is 14.5 Å². The minimum atomic E-state index is -0.155. The molecule has 0 spiro atoms. The zero-order chi connectivity index (χ0) is 39.1. The molecule has 0 radical (unpaired) electrons. The molecule has 0 atom stereocenters. The normalized spacial score (nSPS) is 13.4. The molecule has 6 nitrogen and oxygen atoms in total. The van der Waals surface area contributed by atoms with Crippen LogP contribution in [-0.2, 0) is 37.3 Å². The van der Waals surface area contributed by atoms with Crippen LogP contribution >= 0.6 is 0 Å². The second-order valence-corrected chi connectivity index (χ2v) is 17.9. The van der Waals surface area contributed by atoms with Gasteiger partial charge < -0.3 is 23.5 Å². The Balaban J connectivity index is 0.00000455. The molecule has 4 heterocycles. The van der Waals surface area contributed by atoms with Crippen molar-refractivity contribution in [1.82, 2.24) is 9.55 Å². The fourth-order valence-electron chi connectivity index (χ4n) is 7.75. The number of fused-ring (bicyclic) bond motifs is 6. The van der Waals surface area contributed by atoms with Crippen molar-refractivity contribution in [3.63, 3.8) is 0 Å². The Morgan fingerprint density at radius 3 is 2.00 bits per heavy atom. The maximum Gasteiger partial charge on any atom is 0.136 e. The fourth-order valence-corrected chi connectivity index (χ4v) is 7.75. The van der Waals surface area contributed by atoms with Gasteiger partial charge in [0.1, 0.15) is 17.0 Å². The molecule has 9 rings (SSSR count). The summed E-state index contributed by atoms with van der Waals surface area (Å²) in [7, 11) is 0. The predicted molar refractivity (Wildman–Crippen MR) is 230 cm³/mol. The Kier molecular flexibility index (Phi) is 9.44. The largest absolute Gasteiger partial charge is 0.509 e. The molecule has 1 aliphatic rings. The molecule has 0 N–H and O–H groups in total. The molecule has 0 saturated heterocycles. The van der Waals surface area contributed by atoms with Crippen molar-refractivity contribution in [1.29, 1.82) is 0 Å². The van der Waals surface area contributed by atoms with Gasteiger partial charge in [0.05, 0.1) is 5.52 Å². The second-order valence-electron chi connectivity index (χ2n) is 17.9. The van der Waals surface area contributed by atoms with E-state index in [4.69, 9.17) is 14.1 Å². The van der Waals surface area contributed by atoms with Crippen molar-refractivity contribution in [3.8, 4) is 17.3 Å². The first kappa shape index (κ1) is 38.5. The van der Waals surface area contributed by atoms with Crippen molar-refractivity contribution in [2.45, 2.75) is 78.6 Å². The Labute approximate surface area is 350 Å². The molecule has 57 heavy (non-hydrogen) atoms. The van der Waals surface area contributed by atoms with Crippen LogP contribution in [0.2, 0.25) is 0 Å². The summed E-state index contributed by atoms with van der Waals surface area (Å²) in [5, 5.41) is 1.97. The molecule has 3 aromatic heterocycles. The third kappa shape index (κ3) is 6.82. The molecular weight excluding hydrogens is 884 g/mol. The molecule has 292 valence electrons. The van der Waals surface area contributed by atoms with Gasteiger partial charge in [0, 0.05) is 61.2 Å². The van der Waals surface area contributed by atoms with Crippen molar-refractivity contribution in [2.24, 2.45) is 0 Å². The van der Waals surface area contributed by atoms with Crippen molar-refractivity contribution in [3.05, 3.63) is 151 Å². The standard InChI is InChI=1S/C50H47N4O2.Pt/c1-48(2,3)32-24-25-51-45(28-32)54-43-30-35(22-23-37(43)47-46(54)38-16-10-15-21-44(38)56-47)55-36-27-33(49(4,5)6)26-34(29-36)52-31-53(42-20-14-13-19-41(42)52)40-18-12-11-17-39(40)50(7,8)9;/h10-28,31H,1-9H3;/q-3;. The van der Waals surface area contributed by atoms with E-state index in [1.165, 1.54) is 11.1 Å². The summed E-state index contributed by atoms with van der Waals surface area (Å²) >= 11 is 0. The van der Waals surface area contributed by atoms with E-state index in [1.54, 1.807) is 0 Å². The summed E-state index contributed by atoms with van der Waals surface area (Å²) in [6.07, 6.45) is 1.89. The molecule has 5 aromatic carbocycles. The number of aromatic nitrogens is 2. The molecule has 0 aliphatic carbocycles. The molecule has 0 unspecified atom stereocenters. The average Bonchev–Trinajstić information content (AvgIpc) is 3.83. The number of furan rings is 1. The second kappa shape index (κ2) is 14.0. The average molecular weight is 931 g/mol. The SMILES string of the molecule is CC(C)(C)c1cc(Oc2[c-]c3c(cc2)c2oc4ccccc4c2n3-c2cc(C(C)(C)C)ccn2)[c-]c(N2[CH-]N(c3ccccc3C(C)(C)C)c3ccccc32)c1.[Pt]. The zero-order valence-corrected chi connectivity index (χ0v) is 36.2. The molecule has 0 fully saturated rings. The van der Waals surface area contributed by atoms with Gasteiger partial charge in [0.2, 0.25) is 0 Å². The Hall–Kier alpha value is -5.32. The van der Waals surface area contributed by atoms with E-state index in [1.807, 2.05) is 30.5 Å². The van der Waals surface area contributed by atoms with Gasteiger partial charge in [-0.2, -0.15) is 6.07 Å². The van der Waals surface area contributed by atoms with E-state index in [0.717, 1.165) is 67.1 Å². The van der Waals surface area contributed by atoms with E-state index in [2.05, 4.69) is 180 Å². The molecule has 1 aliphatic heterocycles. The molecule has 0 saturated carbocycles. The van der Waals surface area contributed by atoms with Gasteiger partial charge in [-0.15, -0.1) is 48.3 Å².